The maximum atomic E-state index is 3.28. The predicted molar refractivity (Wildman–Crippen MR) is 69.2 cm³/mol. The van der Waals surface area contributed by atoms with E-state index in [9.17, 15) is 0 Å². The molecular weight excluding hydrogens is 306 g/mol. The molecular formula is C13H16BrFeN. The summed E-state index contributed by atoms with van der Waals surface area (Å²) < 4.78 is 1.16. The summed E-state index contributed by atoms with van der Waals surface area (Å²) in [7, 11) is 4.15. The molecule has 3 heteroatoms. The number of halogens is 1. The van der Waals surface area contributed by atoms with Crippen LogP contribution in [0.3, 0.4) is 0 Å². The molecule has 0 N–H and O–H groups in total. The van der Waals surface area contributed by atoms with E-state index in [1.165, 1.54) is 5.56 Å². The zero-order valence-electron chi connectivity index (χ0n) is 9.50. The fraction of sp³-hybridized carbons (Fsp3) is 0.231. The molecule has 0 saturated heterocycles. The monoisotopic (exact) mass is 321 g/mol. The first kappa shape index (κ1) is 15.7. The summed E-state index contributed by atoms with van der Waals surface area (Å²) >= 11 is 3.28. The Morgan fingerprint density at radius 1 is 1.12 bits per heavy atom. The molecule has 2 aromatic rings. The van der Waals surface area contributed by atoms with E-state index in [0.29, 0.717) is 0 Å². The van der Waals surface area contributed by atoms with Gasteiger partial charge in [-0.2, -0.15) is 35.9 Å². The van der Waals surface area contributed by atoms with Crippen LogP contribution in [0.25, 0.3) is 0 Å². The van der Waals surface area contributed by atoms with E-state index in [1.807, 2.05) is 24.3 Å². The van der Waals surface area contributed by atoms with Gasteiger partial charge < -0.3 is 4.90 Å². The Labute approximate surface area is 117 Å². The van der Waals surface area contributed by atoms with Crippen molar-refractivity contribution in [2.24, 2.45) is 0 Å². The van der Waals surface area contributed by atoms with Crippen LogP contribution in [0.2, 0.25) is 0 Å². The second kappa shape index (κ2) is 8.77. The first-order valence-corrected chi connectivity index (χ1v) is 5.70. The molecule has 0 aliphatic rings. The molecule has 0 aromatic heterocycles. The van der Waals surface area contributed by atoms with Crippen LogP contribution < -0.4 is 0 Å². The van der Waals surface area contributed by atoms with Gasteiger partial charge in [0.2, 0.25) is 0 Å². The van der Waals surface area contributed by atoms with Gasteiger partial charge in [0.25, 0.3) is 0 Å². The van der Waals surface area contributed by atoms with Crippen molar-refractivity contribution in [2.45, 2.75) is 6.54 Å². The van der Waals surface area contributed by atoms with Crippen molar-refractivity contribution in [2.75, 3.05) is 14.1 Å². The normalized spacial score (nSPS) is 9.25. The van der Waals surface area contributed by atoms with Crippen LogP contribution in [0.15, 0.2) is 53.0 Å². The topological polar surface area (TPSA) is 3.24 Å². The molecule has 2 aromatic carbocycles. The summed E-state index contributed by atoms with van der Waals surface area (Å²) in [6.45, 7) is 1.05. The van der Waals surface area contributed by atoms with Crippen LogP contribution in [0, 0.1) is 0 Å². The molecule has 2 rings (SSSR count). The van der Waals surface area contributed by atoms with Crippen molar-refractivity contribution < 1.29 is 17.1 Å². The third-order valence-electron chi connectivity index (χ3n) is 1.85. The van der Waals surface area contributed by atoms with Crippen molar-refractivity contribution in [3.63, 3.8) is 0 Å². The second-order valence-corrected chi connectivity index (χ2v) is 4.55. The Kier molecular flexibility index (Phi) is 8.58. The fourth-order valence-electron chi connectivity index (χ4n) is 1.23. The largest absolute Gasteiger partial charge is 2.00 e. The van der Waals surface area contributed by atoms with Crippen molar-refractivity contribution in [3.05, 3.63) is 58.6 Å². The van der Waals surface area contributed by atoms with Crippen LogP contribution in [-0.2, 0) is 23.6 Å². The molecule has 0 radical (unpaired) electrons. The standard InChI is InChI=1S/C8H12N.C5H4Br.Fe/c1-9(2)7-8-5-3-4-6-8;6-5-3-1-2-4-5;/h3-6H,7H2,1-2H3;1-4H;/q2*-1;+2. The Morgan fingerprint density at radius 2 is 1.75 bits per heavy atom. The van der Waals surface area contributed by atoms with Crippen LogP contribution in [0.1, 0.15) is 5.56 Å². The molecule has 1 nitrogen and oxygen atoms in total. The smallest absolute Gasteiger partial charge is 0.307 e. The molecule has 0 spiro atoms. The van der Waals surface area contributed by atoms with Gasteiger partial charge in [-0.3, -0.25) is 0 Å². The third-order valence-corrected chi connectivity index (χ3v) is 2.38. The van der Waals surface area contributed by atoms with Crippen LogP contribution in [0.5, 0.6) is 0 Å². The van der Waals surface area contributed by atoms with E-state index in [0.717, 1.165) is 11.0 Å². The molecule has 0 fully saturated rings. The summed E-state index contributed by atoms with van der Waals surface area (Å²) in [5, 5.41) is 0. The first-order valence-electron chi connectivity index (χ1n) is 4.91. The maximum absolute atomic E-state index is 3.28. The fourth-order valence-corrected chi connectivity index (χ4v) is 1.54. The molecule has 0 aliphatic heterocycles. The van der Waals surface area contributed by atoms with E-state index in [-0.39, 0.29) is 17.1 Å². The number of hydrogen-bond donors (Lipinski definition) is 0. The van der Waals surface area contributed by atoms with Crippen LogP contribution >= 0.6 is 15.9 Å². The van der Waals surface area contributed by atoms with Gasteiger partial charge >= 0.3 is 17.1 Å². The summed E-state index contributed by atoms with van der Waals surface area (Å²) in [5.41, 5.74) is 1.39. The molecule has 16 heavy (non-hydrogen) atoms. The Morgan fingerprint density at radius 3 is 2.06 bits per heavy atom. The molecule has 0 amide bonds. The number of rotatable bonds is 2. The van der Waals surface area contributed by atoms with E-state index in [2.05, 4.69) is 59.2 Å². The summed E-state index contributed by atoms with van der Waals surface area (Å²) in [4.78, 5) is 2.16. The van der Waals surface area contributed by atoms with Gasteiger partial charge in [-0.05, 0) is 20.6 Å². The van der Waals surface area contributed by atoms with E-state index in [4.69, 9.17) is 0 Å². The van der Waals surface area contributed by atoms with Gasteiger partial charge in [0.05, 0.1) is 0 Å². The number of nitrogens with zero attached hydrogens (tertiary/aromatic N) is 1. The third kappa shape index (κ3) is 7.02. The molecule has 0 bridgehead atoms. The minimum atomic E-state index is 0. The van der Waals surface area contributed by atoms with Crippen LogP contribution in [-0.4, -0.2) is 19.0 Å². The van der Waals surface area contributed by atoms with Gasteiger partial charge in [0, 0.05) is 0 Å². The first-order chi connectivity index (χ1) is 7.18. The summed E-state index contributed by atoms with van der Waals surface area (Å²) in [6, 6.07) is 16.4. The van der Waals surface area contributed by atoms with E-state index < -0.39 is 0 Å². The molecule has 0 heterocycles. The molecule has 88 valence electrons. The zero-order valence-corrected chi connectivity index (χ0v) is 12.2. The molecule has 0 unspecified atom stereocenters. The average Bonchev–Trinajstić information content (AvgIpc) is 2.78. The summed E-state index contributed by atoms with van der Waals surface area (Å²) in [6.07, 6.45) is 0. The Balaban J connectivity index is 0.000000283. The quantitative estimate of drug-likeness (QED) is 0.603. The van der Waals surface area contributed by atoms with Gasteiger partial charge in [0.15, 0.2) is 0 Å². The van der Waals surface area contributed by atoms with Crippen LogP contribution in [0.4, 0.5) is 0 Å². The Hall–Kier alpha value is -0.341. The number of hydrogen-bond acceptors (Lipinski definition) is 1. The Bertz CT molecular complexity index is 338. The molecule has 0 atom stereocenters. The van der Waals surface area contributed by atoms with Gasteiger partial charge in [-0.1, -0.05) is 15.9 Å². The molecule has 0 saturated carbocycles. The van der Waals surface area contributed by atoms with Crippen molar-refractivity contribution in [1.82, 2.24) is 4.90 Å². The van der Waals surface area contributed by atoms with Crippen molar-refractivity contribution in [3.8, 4) is 0 Å². The molecule has 0 aliphatic carbocycles. The van der Waals surface area contributed by atoms with Crippen molar-refractivity contribution >= 4 is 15.9 Å². The maximum Gasteiger partial charge on any atom is 2.00 e. The van der Waals surface area contributed by atoms with E-state index in [1.54, 1.807) is 0 Å². The summed E-state index contributed by atoms with van der Waals surface area (Å²) in [5.74, 6) is 0. The van der Waals surface area contributed by atoms with Crippen molar-refractivity contribution in [1.29, 1.82) is 0 Å². The zero-order chi connectivity index (χ0) is 11.1. The van der Waals surface area contributed by atoms with Gasteiger partial charge in [0.1, 0.15) is 0 Å². The second-order valence-electron chi connectivity index (χ2n) is 3.63. The average molecular weight is 322 g/mol. The van der Waals surface area contributed by atoms with Gasteiger partial charge in [-0.15, -0.1) is 4.47 Å². The van der Waals surface area contributed by atoms with E-state index >= 15 is 0 Å². The minimum absolute atomic E-state index is 0. The SMILES string of the molecule is Brc1ccc[cH-]1.CN(C)Cc1ccc[cH-]1.[Fe+2]. The minimum Gasteiger partial charge on any atom is -0.307 e. The van der Waals surface area contributed by atoms with Gasteiger partial charge in [-0.25, -0.2) is 18.2 Å². The predicted octanol–water partition coefficient (Wildman–Crippen LogP) is 3.63.